The zero-order valence-corrected chi connectivity index (χ0v) is 12.0. The molecule has 1 saturated carbocycles. The number of likely N-dealkylation sites (tertiary alicyclic amines) is 1. The number of nitrogens with one attached hydrogen (secondary N) is 1. The van der Waals surface area contributed by atoms with Crippen molar-refractivity contribution >= 4 is 0 Å². The quantitative estimate of drug-likeness (QED) is 0.758. The van der Waals surface area contributed by atoms with E-state index < -0.39 is 0 Å². The maximum atomic E-state index is 3.74. The van der Waals surface area contributed by atoms with Crippen molar-refractivity contribution in [3.8, 4) is 0 Å². The van der Waals surface area contributed by atoms with Crippen molar-refractivity contribution in [2.24, 2.45) is 11.8 Å². The van der Waals surface area contributed by atoms with Gasteiger partial charge in [0.1, 0.15) is 0 Å². The van der Waals surface area contributed by atoms with Gasteiger partial charge in [0.15, 0.2) is 0 Å². The second-order valence-corrected chi connectivity index (χ2v) is 6.85. The highest BCUT2D eigenvalue weighted by atomic mass is 15.2. The van der Waals surface area contributed by atoms with E-state index in [2.05, 4.69) is 17.1 Å². The van der Waals surface area contributed by atoms with Gasteiger partial charge in [-0.25, -0.2) is 0 Å². The molecule has 2 aliphatic heterocycles. The summed E-state index contributed by atoms with van der Waals surface area (Å²) in [4.78, 5) is 2.84. The third-order valence-corrected chi connectivity index (χ3v) is 5.78. The summed E-state index contributed by atoms with van der Waals surface area (Å²) in [5.41, 5.74) is 0. The number of hydrogen-bond acceptors (Lipinski definition) is 2. The summed E-state index contributed by atoms with van der Waals surface area (Å²) in [5.74, 6) is 1.99. The van der Waals surface area contributed by atoms with Gasteiger partial charge in [-0.05, 0) is 50.5 Å². The maximum absolute atomic E-state index is 3.74. The first-order valence-corrected chi connectivity index (χ1v) is 8.34. The molecule has 2 heterocycles. The van der Waals surface area contributed by atoms with E-state index in [0.29, 0.717) is 0 Å². The Labute approximate surface area is 113 Å². The first-order chi connectivity index (χ1) is 8.86. The van der Waals surface area contributed by atoms with Crippen LogP contribution >= 0.6 is 0 Å². The largest absolute Gasteiger partial charge is 0.312 e. The predicted molar refractivity (Wildman–Crippen MR) is 76.7 cm³/mol. The van der Waals surface area contributed by atoms with E-state index in [1.807, 2.05) is 0 Å². The van der Waals surface area contributed by atoms with E-state index in [1.165, 1.54) is 71.0 Å². The van der Waals surface area contributed by atoms with Crippen LogP contribution in [-0.4, -0.2) is 36.6 Å². The van der Waals surface area contributed by atoms with Gasteiger partial charge in [0, 0.05) is 25.2 Å². The van der Waals surface area contributed by atoms with Gasteiger partial charge in [-0.2, -0.15) is 0 Å². The molecule has 4 atom stereocenters. The average Bonchev–Trinajstić information content (AvgIpc) is 2.68. The van der Waals surface area contributed by atoms with Crippen LogP contribution in [0.3, 0.4) is 0 Å². The van der Waals surface area contributed by atoms with Gasteiger partial charge in [0.2, 0.25) is 0 Å². The van der Waals surface area contributed by atoms with Crippen LogP contribution in [0.25, 0.3) is 0 Å². The van der Waals surface area contributed by atoms with Crippen molar-refractivity contribution in [2.75, 3.05) is 19.6 Å². The first-order valence-electron chi connectivity index (χ1n) is 8.34. The zero-order chi connectivity index (χ0) is 12.4. The SMILES string of the molecule is CCC1CCCC(N2C[C@@H]3CCCN[C@@H]3C2)CC1. The number of piperidine rings is 1. The maximum Gasteiger partial charge on any atom is 0.0235 e. The highest BCUT2D eigenvalue weighted by Crippen LogP contribution is 2.32. The minimum absolute atomic E-state index is 0.823. The molecule has 0 aromatic carbocycles. The molecule has 0 bridgehead atoms. The summed E-state index contributed by atoms with van der Waals surface area (Å²) in [6, 6.07) is 1.73. The molecule has 2 nitrogen and oxygen atoms in total. The van der Waals surface area contributed by atoms with Crippen LogP contribution in [0.15, 0.2) is 0 Å². The van der Waals surface area contributed by atoms with E-state index >= 15 is 0 Å². The Balaban J connectivity index is 1.55. The molecule has 2 unspecified atom stereocenters. The fourth-order valence-electron chi connectivity index (χ4n) is 4.51. The van der Waals surface area contributed by atoms with Crippen molar-refractivity contribution in [1.29, 1.82) is 0 Å². The Morgan fingerprint density at radius 1 is 1.00 bits per heavy atom. The van der Waals surface area contributed by atoms with Crippen molar-refractivity contribution in [3.63, 3.8) is 0 Å². The fourth-order valence-corrected chi connectivity index (χ4v) is 4.51. The van der Waals surface area contributed by atoms with Crippen molar-refractivity contribution < 1.29 is 0 Å². The number of fused-ring (bicyclic) bond motifs is 1. The third-order valence-electron chi connectivity index (χ3n) is 5.78. The molecule has 0 spiro atoms. The van der Waals surface area contributed by atoms with Crippen molar-refractivity contribution in [1.82, 2.24) is 10.2 Å². The highest BCUT2D eigenvalue weighted by Gasteiger charge is 2.37. The Morgan fingerprint density at radius 3 is 2.78 bits per heavy atom. The normalized spacial score (nSPS) is 42.5. The van der Waals surface area contributed by atoms with Gasteiger partial charge in [-0.3, -0.25) is 4.90 Å². The minimum Gasteiger partial charge on any atom is -0.312 e. The lowest BCUT2D eigenvalue weighted by Crippen LogP contribution is -2.41. The minimum atomic E-state index is 0.823. The number of rotatable bonds is 2. The van der Waals surface area contributed by atoms with E-state index in [0.717, 1.165) is 23.9 Å². The van der Waals surface area contributed by atoms with Gasteiger partial charge >= 0.3 is 0 Å². The molecule has 0 radical (unpaired) electrons. The topological polar surface area (TPSA) is 15.3 Å². The fraction of sp³-hybridized carbons (Fsp3) is 1.00. The molecule has 3 fully saturated rings. The standard InChI is InChI=1S/C16H30N2/c1-2-13-5-3-7-15(9-8-13)18-11-14-6-4-10-17-16(14)12-18/h13-17H,2-12H2,1H3/t13?,14-,15?,16+/m0/s1. The van der Waals surface area contributed by atoms with Gasteiger partial charge in [0.25, 0.3) is 0 Å². The Morgan fingerprint density at radius 2 is 1.94 bits per heavy atom. The molecular weight excluding hydrogens is 220 g/mol. The van der Waals surface area contributed by atoms with Crippen LogP contribution in [0, 0.1) is 11.8 Å². The lowest BCUT2D eigenvalue weighted by atomic mass is 9.94. The predicted octanol–water partition coefficient (Wildman–Crippen LogP) is 3.03. The van der Waals surface area contributed by atoms with Crippen LogP contribution in [0.1, 0.15) is 58.3 Å². The second-order valence-electron chi connectivity index (χ2n) is 6.85. The van der Waals surface area contributed by atoms with Crippen LogP contribution in [0.5, 0.6) is 0 Å². The molecule has 1 N–H and O–H groups in total. The number of hydrogen-bond donors (Lipinski definition) is 1. The lowest BCUT2D eigenvalue weighted by molar-refractivity contribution is 0.210. The average molecular weight is 250 g/mol. The zero-order valence-electron chi connectivity index (χ0n) is 12.0. The molecule has 0 amide bonds. The van der Waals surface area contributed by atoms with Crippen molar-refractivity contribution in [3.05, 3.63) is 0 Å². The second kappa shape index (κ2) is 5.92. The highest BCUT2D eigenvalue weighted by molar-refractivity contribution is 4.94. The van der Waals surface area contributed by atoms with Crippen LogP contribution in [0.2, 0.25) is 0 Å². The molecule has 2 heteroatoms. The van der Waals surface area contributed by atoms with E-state index in [4.69, 9.17) is 0 Å². The third kappa shape index (κ3) is 2.75. The van der Waals surface area contributed by atoms with Crippen LogP contribution in [-0.2, 0) is 0 Å². The molecule has 2 saturated heterocycles. The first kappa shape index (κ1) is 12.9. The van der Waals surface area contributed by atoms with E-state index in [1.54, 1.807) is 0 Å². The van der Waals surface area contributed by atoms with Gasteiger partial charge in [-0.15, -0.1) is 0 Å². The van der Waals surface area contributed by atoms with E-state index in [-0.39, 0.29) is 0 Å². The monoisotopic (exact) mass is 250 g/mol. The van der Waals surface area contributed by atoms with Gasteiger partial charge in [-0.1, -0.05) is 26.2 Å². The van der Waals surface area contributed by atoms with E-state index in [9.17, 15) is 0 Å². The molecule has 1 aliphatic carbocycles. The van der Waals surface area contributed by atoms with Gasteiger partial charge < -0.3 is 5.32 Å². The van der Waals surface area contributed by atoms with Gasteiger partial charge in [0.05, 0.1) is 0 Å². The van der Waals surface area contributed by atoms with Crippen LogP contribution in [0.4, 0.5) is 0 Å². The summed E-state index contributed by atoms with van der Waals surface area (Å²) in [7, 11) is 0. The smallest absolute Gasteiger partial charge is 0.0235 e. The molecule has 3 rings (SSSR count). The summed E-state index contributed by atoms with van der Waals surface area (Å²) in [5, 5.41) is 3.74. The Kier molecular flexibility index (Phi) is 4.25. The van der Waals surface area contributed by atoms with Crippen LogP contribution < -0.4 is 5.32 Å². The summed E-state index contributed by atoms with van der Waals surface area (Å²) >= 11 is 0. The van der Waals surface area contributed by atoms with Crippen molar-refractivity contribution in [2.45, 2.75) is 70.4 Å². The summed E-state index contributed by atoms with van der Waals surface area (Å²) in [6.45, 7) is 6.36. The molecule has 18 heavy (non-hydrogen) atoms. The molecule has 3 aliphatic rings. The molecular formula is C16H30N2. The Hall–Kier alpha value is -0.0800. The Bertz CT molecular complexity index is 252. The lowest BCUT2D eigenvalue weighted by Gasteiger charge is -2.27. The molecule has 0 aromatic heterocycles. The molecule has 104 valence electrons. The number of nitrogens with zero attached hydrogens (tertiary/aromatic N) is 1. The summed E-state index contributed by atoms with van der Waals surface area (Å²) in [6.07, 6.45) is 11.7. The summed E-state index contributed by atoms with van der Waals surface area (Å²) < 4.78 is 0. The molecule has 0 aromatic rings.